The van der Waals surface area contributed by atoms with Gasteiger partial charge in [0.1, 0.15) is 0 Å². The zero-order chi connectivity index (χ0) is 14.4. The quantitative estimate of drug-likeness (QED) is 0.627. The van der Waals surface area contributed by atoms with Crippen LogP contribution in [0.4, 0.5) is 0 Å². The molecule has 1 heterocycles. The van der Waals surface area contributed by atoms with Crippen molar-refractivity contribution in [3.63, 3.8) is 0 Å². The van der Waals surface area contributed by atoms with E-state index in [0.29, 0.717) is 0 Å². The summed E-state index contributed by atoms with van der Waals surface area (Å²) in [6, 6.07) is 11.4. The fourth-order valence-electron chi connectivity index (χ4n) is 2.09. The second-order valence-electron chi connectivity index (χ2n) is 4.52. The molecule has 0 aliphatic heterocycles. The summed E-state index contributed by atoms with van der Waals surface area (Å²) >= 11 is 7.35. The van der Waals surface area contributed by atoms with Gasteiger partial charge >= 0.3 is 0 Å². The van der Waals surface area contributed by atoms with Crippen LogP contribution < -0.4 is 5.32 Å². The summed E-state index contributed by atoms with van der Waals surface area (Å²) in [5.74, 6) is 1.12. The molecule has 4 heteroatoms. The SMILES string of the molecule is CCCNC(c1ccc(SCC)cc1)c1sccc1Br. The van der Waals surface area contributed by atoms with Crippen molar-refractivity contribution in [1.82, 2.24) is 5.32 Å². The molecule has 1 atom stereocenters. The smallest absolute Gasteiger partial charge is 0.0682 e. The maximum Gasteiger partial charge on any atom is 0.0682 e. The van der Waals surface area contributed by atoms with E-state index in [1.54, 1.807) is 11.3 Å². The number of hydrogen-bond donors (Lipinski definition) is 1. The number of benzene rings is 1. The van der Waals surface area contributed by atoms with E-state index in [4.69, 9.17) is 0 Å². The van der Waals surface area contributed by atoms with E-state index < -0.39 is 0 Å². The van der Waals surface area contributed by atoms with E-state index in [-0.39, 0.29) is 6.04 Å². The van der Waals surface area contributed by atoms with Crippen molar-refractivity contribution >= 4 is 39.0 Å². The molecule has 1 aromatic heterocycles. The van der Waals surface area contributed by atoms with Gasteiger partial charge in [-0.3, -0.25) is 0 Å². The number of rotatable bonds is 7. The van der Waals surface area contributed by atoms with Gasteiger partial charge in [0, 0.05) is 14.2 Å². The molecule has 0 saturated heterocycles. The Morgan fingerprint density at radius 2 is 1.95 bits per heavy atom. The van der Waals surface area contributed by atoms with Gasteiger partial charge in [0.2, 0.25) is 0 Å². The lowest BCUT2D eigenvalue weighted by molar-refractivity contribution is 0.604. The summed E-state index contributed by atoms with van der Waals surface area (Å²) in [6.07, 6.45) is 1.14. The van der Waals surface area contributed by atoms with Gasteiger partial charge in [-0.15, -0.1) is 23.1 Å². The topological polar surface area (TPSA) is 12.0 Å². The van der Waals surface area contributed by atoms with E-state index >= 15 is 0 Å². The summed E-state index contributed by atoms with van der Waals surface area (Å²) in [5, 5.41) is 5.79. The van der Waals surface area contributed by atoms with Crippen LogP contribution in [0, 0.1) is 0 Å². The van der Waals surface area contributed by atoms with Crippen LogP contribution in [-0.2, 0) is 0 Å². The molecule has 1 N–H and O–H groups in total. The minimum absolute atomic E-state index is 0.282. The lowest BCUT2D eigenvalue weighted by Crippen LogP contribution is -2.22. The normalized spacial score (nSPS) is 12.6. The van der Waals surface area contributed by atoms with Crippen LogP contribution in [0.1, 0.15) is 36.8 Å². The first kappa shape index (κ1) is 16.1. The fraction of sp³-hybridized carbons (Fsp3) is 0.375. The summed E-state index contributed by atoms with van der Waals surface area (Å²) in [4.78, 5) is 2.70. The van der Waals surface area contributed by atoms with E-state index in [0.717, 1.165) is 18.7 Å². The number of thioether (sulfide) groups is 1. The Balaban J connectivity index is 2.24. The summed E-state index contributed by atoms with van der Waals surface area (Å²) in [6.45, 7) is 5.42. The molecule has 0 aliphatic carbocycles. The molecular weight excluding hydrogens is 350 g/mol. The molecule has 0 saturated carbocycles. The van der Waals surface area contributed by atoms with Crippen LogP contribution in [0.3, 0.4) is 0 Å². The third kappa shape index (κ3) is 4.10. The molecule has 0 radical (unpaired) electrons. The van der Waals surface area contributed by atoms with Gasteiger partial charge in [-0.2, -0.15) is 0 Å². The highest BCUT2D eigenvalue weighted by Crippen LogP contribution is 2.33. The average Bonchev–Trinajstić information content (AvgIpc) is 2.88. The monoisotopic (exact) mass is 369 g/mol. The predicted octanol–water partition coefficient (Wildman–Crippen LogP) is 5.71. The molecule has 0 amide bonds. The fourth-order valence-corrected chi connectivity index (χ4v) is 4.45. The lowest BCUT2D eigenvalue weighted by Gasteiger charge is -2.19. The highest BCUT2D eigenvalue weighted by molar-refractivity contribution is 9.10. The second-order valence-corrected chi connectivity index (χ2v) is 7.66. The molecule has 108 valence electrons. The molecule has 20 heavy (non-hydrogen) atoms. The van der Waals surface area contributed by atoms with Gasteiger partial charge < -0.3 is 5.32 Å². The van der Waals surface area contributed by atoms with Crippen molar-refractivity contribution in [2.24, 2.45) is 0 Å². The van der Waals surface area contributed by atoms with E-state index in [1.807, 2.05) is 11.8 Å². The van der Waals surface area contributed by atoms with Crippen LogP contribution in [0.25, 0.3) is 0 Å². The van der Waals surface area contributed by atoms with Crippen LogP contribution in [0.15, 0.2) is 45.1 Å². The average molecular weight is 370 g/mol. The maximum atomic E-state index is 3.66. The molecular formula is C16H20BrNS2. The summed E-state index contributed by atoms with van der Waals surface area (Å²) in [7, 11) is 0. The molecule has 2 aromatic rings. The summed E-state index contributed by atoms with van der Waals surface area (Å²) in [5.41, 5.74) is 1.34. The van der Waals surface area contributed by atoms with Crippen LogP contribution in [-0.4, -0.2) is 12.3 Å². The highest BCUT2D eigenvalue weighted by Gasteiger charge is 2.17. The van der Waals surface area contributed by atoms with Gasteiger partial charge in [-0.05, 0) is 63.8 Å². The Bertz CT molecular complexity index is 522. The molecule has 0 spiro atoms. The van der Waals surface area contributed by atoms with Crippen molar-refractivity contribution in [1.29, 1.82) is 0 Å². The second kappa shape index (κ2) is 8.23. The van der Waals surface area contributed by atoms with Crippen molar-refractivity contribution < 1.29 is 0 Å². The Labute approximate surface area is 138 Å². The van der Waals surface area contributed by atoms with E-state index in [1.165, 1.54) is 19.8 Å². The molecule has 1 nitrogen and oxygen atoms in total. The van der Waals surface area contributed by atoms with E-state index in [2.05, 4.69) is 70.8 Å². The molecule has 1 unspecified atom stereocenters. The Morgan fingerprint density at radius 1 is 1.20 bits per heavy atom. The van der Waals surface area contributed by atoms with Crippen LogP contribution in [0.2, 0.25) is 0 Å². The maximum absolute atomic E-state index is 3.66. The van der Waals surface area contributed by atoms with Crippen molar-refractivity contribution in [2.75, 3.05) is 12.3 Å². The van der Waals surface area contributed by atoms with Gasteiger partial charge in [0.25, 0.3) is 0 Å². The van der Waals surface area contributed by atoms with Crippen molar-refractivity contribution in [3.8, 4) is 0 Å². The van der Waals surface area contributed by atoms with Crippen molar-refractivity contribution in [2.45, 2.75) is 31.2 Å². The Morgan fingerprint density at radius 3 is 2.50 bits per heavy atom. The first-order chi connectivity index (χ1) is 9.76. The van der Waals surface area contributed by atoms with Crippen LogP contribution >= 0.6 is 39.0 Å². The molecule has 0 fully saturated rings. The number of halogens is 1. The first-order valence-electron chi connectivity index (χ1n) is 6.95. The number of hydrogen-bond acceptors (Lipinski definition) is 3. The zero-order valence-corrected chi connectivity index (χ0v) is 15.1. The van der Waals surface area contributed by atoms with Gasteiger partial charge in [-0.1, -0.05) is 26.0 Å². The van der Waals surface area contributed by atoms with Gasteiger partial charge in [-0.25, -0.2) is 0 Å². The third-order valence-electron chi connectivity index (χ3n) is 3.03. The number of nitrogens with one attached hydrogen (secondary N) is 1. The first-order valence-corrected chi connectivity index (χ1v) is 9.61. The molecule has 0 aliphatic rings. The minimum atomic E-state index is 0.282. The van der Waals surface area contributed by atoms with Crippen molar-refractivity contribution in [3.05, 3.63) is 50.6 Å². The predicted molar refractivity (Wildman–Crippen MR) is 95.0 cm³/mol. The third-order valence-corrected chi connectivity index (χ3v) is 5.86. The molecule has 2 rings (SSSR count). The van der Waals surface area contributed by atoms with Gasteiger partial charge in [0.05, 0.1) is 6.04 Å². The Hall–Kier alpha value is -0.290. The lowest BCUT2D eigenvalue weighted by atomic mass is 10.1. The highest BCUT2D eigenvalue weighted by atomic mass is 79.9. The standard InChI is InChI=1S/C16H20BrNS2/c1-3-10-18-15(16-14(17)9-11-20-16)12-5-7-13(8-6-12)19-4-2/h5-9,11,15,18H,3-4,10H2,1-2H3. The summed E-state index contributed by atoms with van der Waals surface area (Å²) < 4.78 is 1.20. The van der Waals surface area contributed by atoms with Crippen LogP contribution in [0.5, 0.6) is 0 Å². The largest absolute Gasteiger partial charge is 0.306 e. The Kier molecular flexibility index (Phi) is 6.62. The zero-order valence-electron chi connectivity index (χ0n) is 11.9. The molecule has 0 bridgehead atoms. The van der Waals surface area contributed by atoms with Gasteiger partial charge in [0.15, 0.2) is 0 Å². The number of thiophene rings is 1. The van der Waals surface area contributed by atoms with E-state index in [9.17, 15) is 0 Å². The minimum Gasteiger partial charge on any atom is -0.306 e. The molecule has 1 aromatic carbocycles.